The molecule has 0 saturated carbocycles. The highest BCUT2D eigenvalue weighted by Crippen LogP contribution is 2.47. The number of aliphatic hydroxyl groups excluding tert-OH is 2. The molecule has 3 saturated heterocycles. The molecule has 0 radical (unpaired) electrons. The predicted octanol–water partition coefficient (Wildman–Crippen LogP) is 4.83. The third kappa shape index (κ3) is 12.0. The van der Waals surface area contributed by atoms with Crippen LogP contribution in [0, 0.1) is 0 Å². The van der Waals surface area contributed by atoms with E-state index in [0.717, 1.165) is 49.9 Å². The Morgan fingerprint density at radius 3 is 2.03 bits per heavy atom. The van der Waals surface area contributed by atoms with E-state index in [9.17, 15) is 29.4 Å². The van der Waals surface area contributed by atoms with Crippen LogP contribution in [0.4, 0.5) is 5.69 Å². The number of nitrogens with zero attached hydrogens (tertiary/aromatic N) is 1. The van der Waals surface area contributed by atoms with Gasteiger partial charge in [0.05, 0.1) is 30.4 Å². The Balaban J connectivity index is 1.27. The van der Waals surface area contributed by atoms with Crippen LogP contribution in [0.5, 0.6) is 0 Å². The minimum Gasteiger partial charge on any atom is -0.463 e. The summed E-state index contributed by atoms with van der Waals surface area (Å²) in [7, 11) is 0. The smallest absolute Gasteiger partial charge is 0.303 e. The van der Waals surface area contributed by atoms with Gasteiger partial charge in [-0.2, -0.15) is 0 Å². The molecule has 0 spiro atoms. The Bertz CT molecular complexity index is 1980. The minimum absolute atomic E-state index is 0.0273. The first kappa shape index (κ1) is 45.7. The highest BCUT2D eigenvalue weighted by molar-refractivity contribution is 7.80. The molecule has 0 aromatic heterocycles. The van der Waals surface area contributed by atoms with E-state index in [0.29, 0.717) is 17.8 Å². The lowest BCUT2D eigenvalue weighted by Crippen LogP contribution is -2.62. The monoisotopic (exact) mass is 862 g/mol. The summed E-state index contributed by atoms with van der Waals surface area (Å²) in [6.45, 7) is 5.73. The van der Waals surface area contributed by atoms with Gasteiger partial charge in [0.15, 0.2) is 24.6 Å². The van der Waals surface area contributed by atoms with Crippen LogP contribution in [0.3, 0.4) is 0 Å². The van der Waals surface area contributed by atoms with E-state index >= 15 is 0 Å². The molecule has 15 nitrogen and oxygen atoms in total. The lowest BCUT2D eigenvalue weighted by Gasteiger charge is -2.44. The van der Waals surface area contributed by atoms with E-state index in [-0.39, 0.29) is 49.3 Å². The minimum atomic E-state index is -1.31. The lowest BCUT2D eigenvalue weighted by atomic mass is 9.83. The first-order chi connectivity index (χ1) is 29.3. The van der Waals surface area contributed by atoms with E-state index in [1.165, 1.54) is 13.8 Å². The number of likely N-dealkylation sites (tertiary alicyclic amines) is 1. The van der Waals surface area contributed by atoms with Crippen molar-refractivity contribution in [3.63, 3.8) is 0 Å². The highest BCUT2D eigenvalue weighted by Gasteiger charge is 2.52. The molecule has 3 aromatic rings. The second kappa shape index (κ2) is 21.3. The Labute approximate surface area is 360 Å². The number of carbonyl (C=O) groups excluding carboxylic acids is 4. The van der Waals surface area contributed by atoms with Crippen molar-refractivity contribution >= 4 is 46.8 Å². The Kier molecular flexibility index (Phi) is 16.0. The summed E-state index contributed by atoms with van der Waals surface area (Å²) in [6, 6.07) is 25.3. The van der Waals surface area contributed by atoms with Crippen LogP contribution in [0.1, 0.15) is 87.5 Å². The summed E-state index contributed by atoms with van der Waals surface area (Å²) in [6.07, 6.45) is -5.78. The topological polar surface area (TPSA) is 189 Å². The third-order valence-electron chi connectivity index (χ3n) is 11.0. The molecule has 3 aliphatic heterocycles. The summed E-state index contributed by atoms with van der Waals surface area (Å²) in [4.78, 5) is 51.2. The number of anilines is 1. The quantitative estimate of drug-likeness (QED) is 0.107. The van der Waals surface area contributed by atoms with Gasteiger partial charge in [0.1, 0.15) is 18.8 Å². The summed E-state index contributed by atoms with van der Waals surface area (Å²) >= 11 is 5.83. The van der Waals surface area contributed by atoms with E-state index in [1.54, 1.807) is 0 Å². The average molecular weight is 863 g/mol. The van der Waals surface area contributed by atoms with E-state index in [1.807, 2.05) is 66.7 Å². The summed E-state index contributed by atoms with van der Waals surface area (Å²) in [5.74, 6) is -2.99. The van der Waals surface area contributed by atoms with Gasteiger partial charge in [-0.3, -0.25) is 24.1 Å². The molecule has 0 aliphatic carbocycles. The number of benzene rings is 3. The standard InChI is InChI=1S/C45H54N2O13S/c1-26(50)54-25-38-43(56-28(3)52)44(57-29(4)53)42(55-27(2)51)36(58-38)21-39(61)46-34-13-8-12-33(20-34)45-59-37(22-47-19-9-14-35(47)24-49)40(31-10-6-5-7-11-31)41(60-45)32-17-15-30(23-48)16-18-32/h5-8,10-13,15-18,20,35-38,40-45,48-49H,9,14,19,21-25H2,1-4H3,(H,46,61). The van der Waals surface area contributed by atoms with Gasteiger partial charge in [-0.05, 0) is 48.2 Å². The van der Waals surface area contributed by atoms with Crippen molar-refractivity contribution in [3.8, 4) is 0 Å². The third-order valence-corrected chi connectivity index (χ3v) is 11.3. The largest absolute Gasteiger partial charge is 0.463 e. The number of aliphatic hydroxyl groups is 2. The van der Waals surface area contributed by atoms with Gasteiger partial charge in [-0.15, -0.1) is 0 Å². The van der Waals surface area contributed by atoms with Crippen molar-refractivity contribution in [1.29, 1.82) is 0 Å². The number of thiocarbonyl (C=S) groups is 1. The molecule has 10 atom stereocenters. The Morgan fingerprint density at radius 1 is 0.738 bits per heavy atom. The Hall–Kier alpha value is -4.81. The molecule has 16 heteroatoms. The normalized spacial score (nSPS) is 27.7. The maximum atomic E-state index is 12.4. The fourth-order valence-corrected chi connectivity index (χ4v) is 8.66. The number of ether oxygens (including phenoxy) is 7. The highest BCUT2D eigenvalue weighted by atomic mass is 32.1. The lowest BCUT2D eigenvalue weighted by molar-refractivity contribution is -0.264. The molecular weight excluding hydrogens is 809 g/mol. The van der Waals surface area contributed by atoms with Gasteiger partial charge < -0.3 is 48.7 Å². The van der Waals surface area contributed by atoms with Crippen LogP contribution >= 0.6 is 12.2 Å². The van der Waals surface area contributed by atoms with Gasteiger partial charge in [0.2, 0.25) is 0 Å². The zero-order chi connectivity index (χ0) is 43.6. The zero-order valence-electron chi connectivity index (χ0n) is 34.7. The first-order valence-corrected chi connectivity index (χ1v) is 20.8. The average Bonchev–Trinajstić information content (AvgIpc) is 3.69. The molecule has 3 fully saturated rings. The first-order valence-electron chi connectivity index (χ1n) is 20.4. The number of carbonyl (C=O) groups is 4. The molecule has 328 valence electrons. The second-order valence-electron chi connectivity index (χ2n) is 15.5. The van der Waals surface area contributed by atoms with Crippen molar-refractivity contribution in [2.75, 3.05) is 31.6 Å². The fourth-order valence-electron chi connectivity index (χ4n) is 8.38. The van der Waals surface area contributed by atoms with Gasteiger partial charge in [0.25, 0.3) is 0 Å². The van der Waals surface area contributed by atoms with Crippen LogP contribution in [0.2, 0.25) is 0 Å². The summed E-state index contributed by atoms with van der Waals surface area (Å²) in [5.41, 5.74) is 4.04. The van der Waals surface area contributed by atoms with Gasteiger partial charge >= 0.3 is 23.9 Å². The molecule has 0 amide bonds. The molecule has 3 N–H and O–H groups in total. The number of hydrogen-bond donors (Lipinski definition) is 3. The van der Waals surface area contributed by atoms with Crippen molar-refractivity contribution in [2.45, 2.75) is 115 Å². The van der Waals surface area contributed by atoms with Crippen LogP contribution in [0.25, 0.3) is 0 Å². The van der Waals surface area contributed by atoms with Crippen molar-refractivity contribution in [3.05, 3.63) is 101 Å². The van der Waals surface area contributed by atoms with E-state index < -0.39 is 66.8 Å². The van der Waals surface area contributed by atoms with Gasteiger partial charge in [0, 0.05) is 63.9 Å². The van der Waals surface area contributed by atoms with Gasteiger partial charge in [-0.25, -0.2) is 0 Å². The van der Waals surface area contributed by atoms with Crippen LogP contribution in [-0.2, 0) is 58.9 Å². The maximum Gasteiger partial charge on any atom is 0.303 e. The summed E-state index contributed by atoms with van der Waals surface area (Å²) in [5, 5.41) is 23.3. The molecule has 6 rings (SSSR count). The van der Waals surface area contributed by atoms with Crippen LogP contribution in [-0.4, -0.2) is 113 Å². The molecule has 10 unspecified atom stereocenters. The van der Waals surface area contributed by atoms with Crippen LogP contribution < -0.4 is 5.32 Å². The van der Waals surface area contributed by atoms with Crippen molar-refractivity contribution < 1.29 is 62.5 Å². The number of rotatable bonds is 15. The van der Waals surface area contributed by atoms with Crippen LogP contribution in [0.15, 0.2) is 78.9 Å². The predicted molar refractivity (Wildman–Crippen MR) is 224 cm³/mol. The molecule has 0 bridgehead atoms. The summed E-state index contributed by atoms with van der Waals surface area (Å²) < 4.78 is 42.1. The van der Waals surface area contributed by atoms with Gasteiger partial charge in [-0.1, -0.05) is 78.9 Å². The van der Waals surface area contributed by atoms with Crippen molar-refractivity contribution in [1.82, 2.24) is 4.90 Å². The number of hydrogen-bond acceptors (Lipinski definition) is 15. The number of nitrogens with one attached hydrogen (secondary N) is 1. The second-order valence-corrected chi connectivity index (χ2v) is 16.0. The molecule has 61 heavy (non-hydrogen) atoms. The van der Waals surface area contributed by atoms with E-state index in [2.05, 4.69) is 22.3 Å². The van der Waals surface area contributed by atoms with Crippen molar-refractivity contribution in [2.24, 2.45) is 0 Å². The fraction of sp³-hybridized carbons (Fsp3) is 0.489. The Morgan fingerprint density at radius 2 is 1.39 bits per heavy atom. The molecule has 3 aliphatic rings. The maximum absolute atomic E-state index is 12.4. The number of esters is 4. The molecule has 3 heterocycles. The van der Waals surface area contributed by atoms with E-state index in [4.69, 9.17) is 45.4 Å². The zero-order valence-corrected chi connectivity index (χ0v) is 35.5. The SMILES string of the molecule is CC(=O)OCC1OC(CC(=S)Nc2cccc(C3OC(CN4CCCC4CO)C(c4ccccc4)C(c4ccc(CO)cc4)O3)c2)C(OC(C)=O)C(OC(C)=O)C1OC(C)=O. The molecule has 3 aromatic carbocycles. The molecular formula is C45H54N2O13S.